The molecule has 0 spiro atoms. The fourth-order valence-corrected chi connectivity index (χ4v) is 5.52. The summed E-state index contributed by atoms with van der Waals surface area (Å²) in [6.07, 6.45) is 0.587. The highest BCUT2D eigenvalue weighted by atomic mass is 32.2. The molecule has 164 valence electrons. The number of carbonyl (C=O) groups excluding carboxylic acids is 2. The zero-order valence-electron chi connectivity index (χ0n) is 16.9. The van der Waals surface area contributed by atoms with Crippen molar-refractivity contribution in [3.8, 4) is 0 Å². The van der Waals surface area contributed by atoms with Gasteiger partial charge in [-0.25, -0.2) is 13.1 Å². The first-order valence-corrected chi connectivity index (χ1v) is 12.3. The SMILES string of the molecule is O=C(NNC(=O)C1Cc2ccccc2S1)c1cccc(S(=O)(=O)NCc2ccccc2)c1. The van der Waals surface area contributed by atoms with E-state index in [1.165, 1.54) is 36.0 Å². The van der Waals surface area contributed by atoms with Crippen molar-refractivity contribution in [2.75, 3.05) is 0 Å². The molecular formula is C23H21N3O4S2. The summed E-state index contributed by atoms with van der Waals surface area (Å²) in [6, 6.07) is 22.6. The number of hydrogen-bond donors (Lipinski definition) is 3. The second-order valence-electron chi connectivity index (χ2n) is 7.20. The van der Waals surface area contributed by atoms with Crippen molar-refractivity contribution >= 4 is 33.6 Å². The fraction of sp³-hybridized carbons (Fsp3) is 0.130. The van der Waals surface area contributed by atoms with Crippen LogP contribution in [0.25, 0.3) is 0 Å². The lowest BCUT2D eigenvalue weighted by Gasteiger charge is -2.12. The van der Waals surface area contributed by atoms with Crippen molar-refractivity contribution in [1.82, 2.24) is 15.6 Å². The van der Waals surface area contributed by atoms with Crippen LogP contribution in [0.5, 0.6) is 0 Å². The van der Waals surface area contributed by atoms with E-state index < -0.39 is 15.9 Å². The molecular weight excluding hydrogens is 446 g/mol. The lowest BCUT2D eigenvalue weighted by atomic mass is 10.1. The molecule has 0 fully saturated rings. The Morgan fingerprint density at radius 1 is 0.906 bits per heavy atom. The van der Waals surface area contributed by atoms with E-state index >= 15 is 0 Å². The second-order valence-corrected chi connectivity index (χ2v) is 10.2. The first kappa shape index (κ1) is 22.1. The maximum absolute atomic E-state index is 12.6. The van der Waals surface area contributed by atoms with Gasteiger partial charge in [0.25, 0.3) is 11.8 Å². The molecule has 9 heteroatoms. The summed E-state index contributed by atoms with van der Waals surface area (Å²) in [5.74, 6) is -0.910. The minimum atomic E-state index is -3.81. The number of benzene rings is 3. The molecule has 3 N–H and O–H groups in total. The largest absolute Gasteiger partial charge is 0.272 e. The number of rotatable bonds is 6. The number of hydrazine groups is 1. The maximum atomic E-state index is 12.6. The van der Waals surface area contributed by atoms with Gasteiger partial charge in [0.15, 0.2) is 0 Å². The predicted molar refractivity (Wildman–Crippen MR) is 122 cm³/mol. The first-order chi connectivity index (χ1) is 15.4. The van der Waals surface area contributed by atoms with Crippen molar-refractivity contribution < 1.29 is 18.0 Å². The van der Waals surface area contributed by atoms with Crippen LogP contribution in [0, 0.1) is 0 Å². The lowest BCUT2D eigenvalue weighted by Crippen LogP contribution is -2.45. The van der Waals surface area contributed by atoms with Gasteiger partial charge in [-0.05, 0) is 41.8 Å². The Kier molecular flexibility index (Phi) is 6.59. The van der Waals surface area contributed by atoms with E-state index in [1.54, 1.807) is 0 Å². The van der Waals surface area contributed by atoms with Crippen LogP contribution >= 0.6 is 11.8 Å². The molecule has 7 nitrogen and oxygen atoms in total. The van der Waals surface area contributed by atoms with Gasteiger partial charge in [-0.1, -0.05) is 54.6 Å². The minimum absolute atomic E-state index is 0.0331. The van der Waals surface area contributed by atoms with Crippen molar-refractivity contribution in [3.63, 3.8) is 0 Å². The van der Waals surface area contributed by atoms with Gasteiger partial charge in [0.1, 0.15) is 0 Å². The van der Waals surface area contributed by atoms with Gasteiger partial charge >= 0.3 is 0 Å². The quantitative estimate of drug-likeness (QED) is 0.484. The molecule has 3 aromatic rings. The molecule has 0 saturated heterocycles. The molecule has 0 aliphatic carbocycles. The number of amides is 2. The number of hydrogen-bond acceptors (Lipinski definition) is 5. The average molecular weight is 468 g/mol. The van der Waals surface area contributed by atoms with Crippen molar-refractivity contribution in [3.05, 3.63) is 95.6 Å². The Balaban J connectivity index is 1.35. The summed E-state index contributed by atoms with van der Waals surface area (Å²) in [5.41, 5.74) is 6.85. The summed E-state index contributed by atoms with van der Waals surface area (Å²) in [7, 11) is -3.81. The molecule has 2 amide bonds. The normalized spacial score (nSPS) is 15.1. The van der Waals surface area contributed by atoms with Gasteiger partial charge in [0.05, 0.1) is 10.1 Å². The Morgan fingerprint density at radius 3 is 2.44 bits per heavy atom. The Labute approximate surface area is 190 Å². The van der Waals surface area contributed by atoms with Gasteiger partial charge < -0.3 is 0 Å². The van der Waals surface area contributed by atoms with Crippen LogP contribution in [0.4, 0.5) is 0 Å². The number of nitrogens with one attached hydrogen (secondary N) is 3. The third-order valence-corrected chi connectivity index (χ3v) is 7.67. The molecule has 0 saturated carbocycles. The number of thioether (sulfide) groups is 1. The Morgan fingerprint density at radius 2 is 1.66 bits per heavy atom. The van der Waals surface area contributed by atoms with E-state index in [-0.39, 0.29) is 28.2 Å². The summed E-state index contributed by atoms with van der Waals surface area (Å²) in [4.78, 5) is 26.0. The third-order valence-electron chi connectivity index (χ3n) is 4.95. The Bertz CT molecular complexity index is 1220. The highest BCUT2D eigenvalue weighted by Crippen LogP contribution is 2.36. The minimum Gasteiger partial charge on any atom is -0.272 e. The van der Waals surface area contributed by atoms with Gasteiger partial charge in [0, 0.05) is 17.0 Å². The molecule has 4 rings (SSSR count). The lowest BCUT2D eigenvalue weighted by molar-refractivity contribution is -0.121. The summed E-state index contributed by atoms with van der Waals surface area (Å²) in [6.45, 7) is 0.136. The predicted octanol–water partition coefficient (Wildman–Crippen LogP) is 2.64. The highest BCUT2D eigenvalue weighted by Gasteiger charge is 2.28. The van der Waals surface area contributed by atoms with Crippen LogP contribution in [0.2, 0.25) is 0 Å². The number of carbonyl (C=O) groups is 2. The molecule has 32 heavy (non-hydrogen) atoms. The molecule has 1 atom stereocenters. The topological polar surface area (TPSA) is 104 Å². The van der Waals surface area contributed by atoms with Gasteiger partial charge in [-0.2, -0.15) is 0 Å². The van der Waals surface area contributed by atoms with Crippen LogP contribution in [0.15, 0.2) is 88.7 Å². The fourth-order valence-electron chi connectivity index (χ4n) is 3.26. The molecule has 1 heterocycles. The van der Waals surface area contributed by atoms with Crippen LogP contribution in [-0.2, 0) is 27.8 Å². The summed E-state index contributed by atoms with van der Waals surface area (Å²) >= 11 is 1.45. The van der Waals surface area contributed by atoms with E-state index in [9.17, 15) is 18.0 Å². The van der Waals surface area contributed by atoms with Crippen LogP contribution in [-0.4, -0.2) is 25.5 Å². The van der Waals surface area contributed by atoms with E-state index in [4.69, 9.17) is 0 Å². The molecule has 0 bridgehead atoms. The van der Waals surface area contributed by atoms with Crippen LogP contribution in [0.3, 0.4) is 0 Å². The number of sulfonamides is 1. The van der Waals surface area contributed by atoms with Gasteiger partial charge in [-0.15, -0.1) is 11.8 Å². The van der Waals surface area contributed by atoms with Gasteiger partial charge in [0.2, 0.25) is 10.0 Å². The maximum Gasteiger partial charge on any atom is 0.269 e. The Hall–Kier alpha value is -3.14. The summed E-state index contributed by atoms with van der Waals surface area (Å²) < 4.78 is 27.7. The molecule has 1 unspecified atom stereocenters. The average Bonchev–Trinajstić information content (AvgIpc) is 3.26. The van der Waals surface area contributed by atoms with Gasteiger partial charge in [-0.3, -0.25) is 20.4 Å². The number of fused-ring (bicyclic) bond motifs is 1. The van der Waals surface area contributed by atoms with Crippen molar-refractivity contribution in [2.24, 2.45) is 0 Å². The van der Waals surface area contributed by atoms with Crippen LogP contribution < -0.4 is 15.6 Å². The summed E-state index contributed by atoms with van der Waals surface area (Å²) in [5, 5.41) is -0.332. The van der Waals surface area contributed by atoms with E-state index in [0.717, 1.165) is 16.0 Å². The molecule has 3 aromatic carbocycles. The standard InChI is InChI=1S/C23H21N3O4S2/c27-22(25-26-23(28)21-14-17-9-4-5-12-20(17)31-21)18-10-6-11-19(13-18)32(29,30)24-15-16-7-2-1-3-8-16/h1-13,21,24H,14-15H2,(H,25,27)(H,26,28). The second kappa shape index (κ2) is 9.56. The van der Waals surface area contributed by atoms with E-state index in [2.05, 4.69) is 15.6 Å². The molecule has 0 radical (unpaired) electrons. The molecule has 1 aliphatic rings. The first-order valence-electron chi connectivity index (χ1n) is 9.91. The zero-order valence-corrected chi connectivity index (χ0v) is 18.6. The highest BCUT2D eigenvalue weighted by molar-refractivity contribution is 8.01. The molecule has 0 aromatic heterocycles. The van der Waals surface area contributed by atoms with E-state index in [1.807, 2.05) is 54.6 Å². The van der Waals surface area contributed by atoms with Crippen molar-refractivity contribution in [2.45, 2.75) is 28.0 Å². The van der Waals surface area contributed by atoms with E-state index in [0.29, 0.717) is 6.42 Å². The smallest absolute Gasteiger partial charge is 0.269 e. The zero-order chi connectivity index (χ0) is 22.6. The molecule has 1 aliphatic heterocycles. The van der Waals surface area contributed by atoms with Crippen LogP contribution in [0.1, 0.15) is 21.5 Å². The third kappa shape index (κ3) is 5.18. The monoisotopic (exact) mass is 467 g/mol. The van der Waals surface area contributed by atoms with Crippen molar-refractivity contribution in [1.29, 1.82) is 0 Å².